The first-order valence-corrected chi connectivity index (χ1v) is 12.6. The first kappa shape index (κ1) is 21.2. The Morgan fingerprint density at radius 2 is 1.26 bits per heavy atom. The van der Waals surface area contributed by atoms with Crippen molar-refractivity contribution in [3.8, 4) is 0 Å². The van der Waals surface area contributed by atoms with Gasteiger partial charge in [0.2, 0.25) is 0 Å². The van der Waals surface area contributed by atoms with E-state index in [1.165, 1.54) is 3.97 Å². The molecule has 0 aliphatic rings. The molecule has 7 heteroatoms. The van der Waals surface area contributed by atoms with Crippen molar-refractivity contribution in [3.05, 3.63) is 115 Å². The molecule has 0 unspecified atom stereocenters. The smallest absolute Gasteiger partial charge is 0.326 e. The Morgan fingerprint density at radius 3 is 1.91 bits per heavy atom. The van der Waals surface area contributed by atoms with Crippen LogP contribution < -0.4 is 5.32 Å². The number of hydrogen-bond donors (Lipinski definition) is 1. The number of carbonyl (C=O) groups excluding carboxylic acids is 1. The molecule has 1 N–H and O–H groups in total. The van der Waals surface area contributed by atoms with E-state index in [0.717, 1.165) is 27.2 Å². The van der Waals surface area contributed by atoms with Crippen molar-refractivity contribution in [3.63, 3.8) is 0 Å². The van der Waals surface area contributed by atoms with E-state index in [0.29, 0.717) is 11.0 Å². The van der Waals surface area contributed by atoms with Crippen molar-refractivity contribution in [2.24, 2.45) is 0 Å². The second kappa shape index (κ2) is 8.14. The lowest BCUT2D eigenvalue weighted by Crippen LogP contribution is -2.27. The largest absolute Gasteiger partial charge is 0.333 e. The molecule has 6 nitrogen and oxygen atoms in total. The molecule has 0 fully saturated rings. The van der Waals surface area contributed by atoms with Crippen LogP contribution in [-0.4, -0.2) is 23.0 Å². The van der Waals surface area contributed by atoms with Gasteiger partial charge in [-0.15, -0.1) is 0 Å². The van der Waals surface area contributed by atoms with E-state index < -0.39 is 10.0 Å². The van der Waals surface area contributed by atoms with E-state index in [2.05, 4.69) is 5.32 Å². The minimum absolute atomic E-state index is 0.190. The summed E-state index contributed by atoms with van der Waals surface area (Å²) in [5.74, 6) is 0. The van der Waals surface area contributed by atoms with Crippen LogP contribution in [0.5, 0.6) is 0 Å². The number of aromatic nitrogens is 2. The van der Waals surface area contributed by atoms with Gasteiger partial charge in [-0.3, -0.25) is 4.57 Å². The summed E-state index contributed by atoms with van der Waals surface area (Å²) in [6.07, 6.45) is 1.74. The molecule has 2 heterocycles. The van der Waals surface area contributed by atoms with Gasteiger partial charge in [-0.25, -0.2) is 17.2 Å². The Hall–Kier alpha value is -4.36. The molecule has 0 atom stereocenters. The molecule has 0 aliphatic carbocycles. The van der Waals surface area contributed by atoms with Crippen molar-refractivity contribution in [2.45, 2.75) is 11.4 Å². The number of amides is 1. The minimum atomic E-state index is -3.83. The fourth-order valence-corrected chi connectivity index (χ4v) is 6.08. The van der Waals surface area contributed by atoms with Crippen LogP contribution >= 0.6 is 0 Å². The summed E-state index contributed by atoms with van der Waals surface area (Å²) >= 11 is 0. The molecule has 172 valence electrons. The SMILES string of the molecule is O=C(NCc1ccc(S(=O)(=O)n2c3ccccc3c3ccccc32)cc1)n1ccc2ccccc21. The second-order valence-electron chi connectivity index (χ2n) is 8.35. The highest BCUT2D eigenvalue weighted by Crippen LogP contribution is 2.32. The van der Waals surface area contributed by atoms with Crippen molar-refractivity contribution in [1.29, 1.82) is 0 Å². The Balaban J connectivity index is 1.28. The van der Waals surface area contributed by atoms with Crippen LogP contribution in [0.1, 0.15) is 5.56 Å². The van der Waals surface area contributed by atoms with Crippen LogP contribution in [0.2, 0.25) is 0 Å². The van der Waals surface area contributed by atoms with Gasteiger partial charge < -0.3 is 5.32 Å². The minimum Gasteiger partial charge on any atom is -0.333 e. The third-order valence-electron chi connectivity index (χ3n) is 6.26. The molecule has 6 rings (SSSR count). The third kappa shape index (κ3) is 3.48. The highest BCUT2D eigenvalue weighted by Gasteiger charge is 2.23. The van der Waals surface area contributed by atoms with Gasteiger partial charge in [-0.1, -0.05) is 66.7 Å². The zero-order valence-electron chi connectivity index (χ0n) is 18.6. The summed E-state index contributed by atoms with van der Waals surface area (Å²) in [7, 11) is -3.83. The van der Waals surface area contributed by atoms with Crippen molar-refractivity contribution >= 4 is 48.8 Å². The summed E-state index contributed by atoms with van der Waals surface area (Å²) in [5, 5.41) is 5.67. The molecule has 6 aromatic rings. The lowest BCUT2D eigenvalue weighted by atomic mass is 10.2. The van der Waals surface area contributed by atoms with Gasteiger partial charge in [-0.2, -0.15) is 0 Å². The van der Waals surface area contributed by atoms with E-state index in [9.17, 15) is 13.2 Å². The first-order chi connectivity index (χ1) is 17.0. The fraction of sp³-hybridized carbons (Fsp3) is 0.0357. The predicted octanol–water partition coefficient (Wildman–Crippen LogP) is 5.74. The fourth-order valence-electron chi connectivity index (χ4n) is 4.55. The van der Waals surface area contributed by atoms with Crippen LogP contribution in [0.4, 0.5) is 4.79 Å². The molecule has 35 heavy (non-hydrogen) atoms. The standard InChI is InChI=1S/C28H21N3O3S/c32-28(30-18-17-21-7-1-4-10-25(21)30)29-19-20-13-15-22(16-14-20)35(33,34)31-26-11-5-2-8-23(26)24-9-3-6-12-27(24)31/h1-18H,19H2,(H,29,32). The molecule has 1 amide bonds. The molecule has 0 saturated heterocycles. The number of carbonyl (C=O) groups is 1. The lowest BCUT2D eigenvalue weighted by molar-refractivity contribution is 0.243. The summed E-state index contributed by atoms with van der Waals surface area (Å²) in [6.45, 7) is 0.279. The summed E-state index contributed by atoms with van der Waals surface area (Å²) in [4.78, 5) is 12.9. The number of fused-ring (bicyclic) bond motifs is 4. The molecule has 4 aromatic carbocycles. The van der Waals surface area contributed by atoms with E-state index in [-0.39, 0.29) is 17.5 Å². The molecule has 0 saturated carbocycles. The van der Waals surface area contributed by atoms with Crippen LogP contribution in [0.25, 0.3) is 32.7 Å². The van der Waals surface area contributed by atoms with Gasteiger partial charge in [0.25, 0.3) is 10.0 Å². The van der Waals surface area contributed by atoms with E-state index in [1.54, 1.807) is 35.0 Å². The number of nitrogens with one attached hydrogen (secondary N) is 1. The van der Waals surface area contributed by atoms with E-state index >= 15 is 0 Å². The number of benzene rings is 4. The summed E-state index contributed by atoms with van der Waals surface area (Å²) in [5.41, 5.74) is 2.92. The van der Waals surface area contributed by atoms with Gasteiger partial charge >= 0.3 is 6.03 Å². The van der Waals surface area contributed by atoms with Gasteiger partial charge in [0.15, 0.2) is 0 Å². The van der Waals surface area contributed by atoms with Crippen LogP contribution in [-0.2, 0) is 16.6 Å². The van der Waals surface area contributed by atoms with Gasteiger partial charge in [-0.05, 0) is 42.0 Å². The zero-order valence-corrected chi connectivity index (χ0v) is 19.4. The van der Waals surface area contributed by atoms with E-state index in [4.69, 9.17) is 0 Å². The predicted molar refractivity (Wildman–Crippen MR) is 138 cm³/mol. The maximum Gasteiger partial charge on any atom is 0.326 e. The molecule has 0 radical (unpaired) electrons. The van der Waals surface area contributed by atoms with Crippen molar-refractivity contribution in [1.82, 2.24) is 13.9 Å². The molecular weight excluding hydrogens is 458 g/mol. The van der Waals surface area contributed by atoms with Crippen LogP contribution in [0.15, 0.2) is 114 Å². The summed E-state index contributed by atoms with van der Waals surface area (Å²) < 4.78 is 30.3. The van der Waals surface area contributed by atoms with Crippen molar-refractivity contribution in [2.75, 3.05) is 0 Å². The Kier molecular flexibility index (Phi) is 4.93. The maximum atomic E-state index is 13.7. The van der Waals surface area contributed by atoms with Gasteiger partial charge in [0.05, 0.1) is 21.4 Å². The quantitative estimate of drug-likeness (QED) is 0.350. The molecule has 0 aliphatic heterocycles. The third-order valence-corrected chi connectivity index (χ3v) is 8.00. The Labute approximate surface area is 202 Å². The second-order valence-corrected chi connectivity index (χ2v) is 10.1. The highest BCUT2D eigenvalue weighted by molar-refractivity contribution is 7.90. The molecule has 0 spiro atoms. The average Bonchev–Trinajstić information content (AvgIpc) is 3.47. The number of rotatable bonds is 4. The van der Waals surface area contributed by atoms with E-state index in [1.807, 2.05) is 78.9 Å². The highest BCUT2D eigenvalue weighted by atomic mass is 32.2. The molecular formula is C28H21N3O3S. The normalized spacial score (nSPS) is 11.9. The maximum absolute atomic E-state index is 13.7. The Bertz CT molecular complexity index is 1780. The molecule has 2 aromatic heterocycles. The molecule has 0 bridgehead atoms. The van der Waals surface area contributed by atoms with Gasteiger partial charge in [0.1, 0.15) is 0 Å². The topological polar surface area (TPSA) is 73.1 Å². The lowest BCUT2D eigenvalue weighted by Gasteiger charge is -2.11. The first-order valence-electron chi connectivity index (χ1n) is 11.2. The number of nitrogens with zero attached hydrogens (tertiary/aromatic N) is 2. The van der Waals surface area contributed by atoms with Crippen LogP contribution in [0, 0.1) is 0 Å². The monoisotopic (exact) mass is 479 g/mol. The Morgan fingerprint density at radius 1 is 0.686 bits per heavy atom. The number of hydrogen-bond acceptors (Lipinski definition) is 3. The van der Waals surface area contributed by atoms with Crippen molar-refractivity contribution < 1.29 is 13.2 Å². The number of para-hydroxylation sites is 3. The van der Waals surface area contributed by atoms with Crippen LogP contribution in [0.3, 0.4) is 0 Å². The average molecular weight is 480 g/mol. The van der Waals surface area contributed by atoms with Gasteiger partial charge in [0, 0.05) is 28.9 Å². The zero-order chi connectivity index (χ0) is 24.0. The summed E-state index contributed by atoms with van der Waals surface area (Å²) in [6, 6.07) is 31.0.